The van der Waals surface area contributed by atoms with Crippen LogP contribution in [0.5, 0.6) is 0 Å². The van der Waals surface area contributed by atoms with Crippen LogP contribution in [0.4, 0.5) is 5.69 Å². The average molecular weight is 277 g/mol. The topological polar surface area (TPSA) is 84.2 Å². The number of nitrogens with two attached hydrogens (primary N) is 1. The highest BCUT2D eigenvalue weighted by atomic mass is 16.2. The minimum absolute atomic E-state index is 0.195. The Balaban J connectivity index is 2.82. The molecule has 0 aromatic heterocycles. The van der Waals surface area contributed by atoms with E-state index in [1.165, 1.54) is 0 Å². The van der Waals surface area contributed by atoms with E-state index >= 15 is 0 Å². The molecule has 0 aliphatic heterocycles. The second-order valence-corrected chi connectivity index (χ2v) is 5.15. The number of carbonyl (C=O) groups is 2. The van der Waals surface area contributed by atoms with Crippen molar-refractivity contribution in [2.24, 2.45) is 11.7 Å². The van der Waals surface area contributed by atoms with E-state index in [1.807, 2.05) is 20.8 Å². The molecule has 0 aliphatic carbocycles. The van der Waals surface area contributed by atoms with Crippen LogP contribution in [0.2, 0.25) is 0 Å². The first kappa shape index (κ1) is 16.2. The molecule has 110 valence electrons. The van der Waals surface area contributed by atoms with Crippen molar-refractivity contribution in [3.63, 3.8) is 0 Å². The molecule has 5 heteroatoms. The summed E-state index contributed by atoms with van der Waals surface area (Å²) >= 11 is 0. The van der Waals surface area contributed by atoms with Crippen molar-refractivity contribution in [3.05, 3.63) is 29.8 Å². The number of rotatable bonds is 6. The van der Waals surface area contributed by atoms with Gasteiger partial charge in [-0.05, 0) is 24.5 Å². The maximum atomic E-state index is 12.1. The zero-order valence-corrected chi connectivity index (χ0v) is 12.3. The smallest absolute Gasteiger partial charge is 0.253 e. The van der Waals surface area contributed by atoms with Crippen molar-refractivity contribution in [2.45, 2.75) is 33.2 Å². The fraction of sp³-hybridized carbons (Fsp3) is 0.467. The van der Waals surface area contributed by atoms with Crippen LogP contribution in [-0.4, -0.2) is 24.4 Å². The lowest BCUT2D eigenvalue weighted by atomic mass is 10.1. The van der Waals surface area contributed by atoms with Crippen molar-refractivity contribution in [2.75, 3.05) is 11.9 Å². The van der Waals surface area contributed by atoms with E-state index in [1.54, 1.807) is 24.3 Å². The molecule has 0 aliphatic rings. The maximum Gasteiger partial charge on any atom is 0.253 e. The van der Waals surface area contributed by atoms with Gasteiger partial charge in [0, 0.05) is 6.54 Å². The van der Waals surface area contributed by atoms with Gasteiger partial charge in [-0.3, -0.25) is 9.59 Å². The Hall–Kier alpha value is -1.88. The minimum Gasteiger partial charge on any atom is -0.352 e. The van der Waals surface area contributed by atoms with Crippen molar-refractivity contribution in [1.29, 1.82) is 0 Å². The van der Waals surface area contributed by atoms with Crippen LogP contribution >= 0.6 is 0 Å². The Bertz CT molecular complexity index is 472. The molecule has 0 spiro atoms. The fourth-order valence-electron chi connectivity index (χ4n) is 1.59. The van der Waals surface area contributed by atoms with Gasteiger partial charge in [0.05, 0.1) is 17.3 Å². The average Bonchev–Trinajstić information content (AvgIpc) is 2.44. The van der Waals surface area contributed by atoms with Crippen LogP contribution in [-0.2, 0) is 4.79 Å². The second-order valence-electron chi connectivity index (χ2n) is 5.15. The summed E-state index contributed by atoms with van der Waals surface area (Å²) in [6, 6.07) is 6.35. The predicted octanol–water partition coefficient (Wildman–Crippen LogP) is 1.75. The van der Waals surface area contributed by atoms with Crippen molar-refractivity contribution >= 4 is 17.5 Å². The van der Waals surface area contributed by atoms with Gasteiger partial charge in [-0.2, -0.15) is 0 Å². The van der Waals surface area contributed by atoms with E-state index in [9.17, 15) is 9.59 Å². The van der Waals surface area contributed by atoms with Crippen LogP contribution < -0.4 is 16.4 Å². The van der Waals surface area contributed by atoms with Crippen LogP contribution in [0.3, 0.4) is 0 Å². The largest absolute Gasteiger partial charge is 0.352 e. The van der Waals surface area contributed by atoms with E-state index in [-0.39, 0.29) is 11.8 Å². The third-order valence-corrected chi connectivity index (χ3v) is 2.88. The zero-order chi connectivity index (χ0) is 15.1. The summed E-state index contributed by atoms with van der Waals surface area (Å²) < 4.78 is 0. The molecular weight excluding hydrogens is 254 g/mol. The Labute approximate surface area is 119 Å². The van der Waals surface area contributed by atoms with Gasteiger partial charge in [-0.1, -0.05) is 32.9 Å². The predicted molar refractivity (Wildman–Crippen MR) is 80.5 cm³/mol. The van der Waals surface area contributed by atoms with Gasteiger partial charge in [0.2, 0.25) is 5.91 Å². The summed E-state index contributed by atoms with van der Waals surface area (Å²) in [5, 5.41) is 5.54. The lowest BCUT2D eigenvalue weighted by Crippen LogP contribution is -2.35. The number of benzene rings is 1. The van der Waals surface area contributed by atoms with Crippen molar-refractivity contribution in [1.82, 2.24) is 5.32 Å². The normalized spacial score (nSPS) is 12.1. The molecule has 1 aromatic rings. The first-order chi connectivity index (χ1) is 9.45. The third kappa shape index (κ3) is 4.66. The number of carbonyl (C=O) groups excluding carboxylic acids is 2. The SMILES string of the molecule is CC[C@H](N)C(=O)Nc1ccccc1C(=O)NCC(C)C. The van der Waals surface area contributed by atoms with Gasteiger partial charge in [-0.15, -0.1) is 0 Å². The van der Waals surface area contributed by atoms with Gasteiger partial charge in [-0.25, -0.2) is 0 Å². The van der Waals surface area contributed by atoms with Gasteiger partial charge >= 0.3 is 0 Å². The molecule has 4 N–H and O–H groups in total. The maximum absolute atomic E-state index is 12.1. The zero-order valence-electron chi connectivity index (χ0n) is 12.3. The molecular formula is C15H23N3O2. The van der Waals surface area contributed by atoms with E-state index in [4.69, 9.17) is 5.73 Å². The molecule has 0 heterocycles. The molecule has 1 rings (SSSR count). The number of hydrogen-bond donors (Lipinski definition) is 3. The number of nitrogens with one attached hydrogen (secondary N) is 2. The monoisotopic (exact) mass is 277 g/mol. The Kier molecular flexibility index (Phi) is 6.18. The molecule has 0 saturated carbocycles. The standard InChI is InChI=1S/C15H23N3O2/c1-4-12(16)15(20)18-13-8-6-5-7-11(13)14(19)17-9-10(2)3/h5-8,10,12H,4,9,16H2,1-3H3,(H,17,19)(H,18,20)/t12-/m0/s1. The van der Waals surface area contributed by atoms with Crippen molar-refractivity contribution in [3.8, 4) is 0 Å². The Morgan fingerprint density at radius 3 is 2.50 bits per heavy atom. The fourth-order valence-corrected chi connectivity index (χ4v) is 1.59. The summed E-state index contributed by atoms with van der Waals surface area (Å²) in [5.74, 6) is -0.106. The van der Waals surface area contributed by atoms with Gasteiger partial charge in [0.1, 0.15) is 0 Å². The number of anilines is 1. The summed E-state index contributed by atoms with van der Waals surface area (Å²) in [4.78, 5) is 23.9. The molecule has 2 amide bonds. The molecule has 0 unspecified atom stereocenters. The van der Waals surface area contributed by atoms with Crippen molar-refractivity contribution < 1.29 is 9.59 Å². The second kappa shape index (κ2) is 7.65. The lowest BCUT2D eigenvalue weighted by molar-refractivity contribution is -0.117. The molecule has 0 saturated heterocycles. The summed E-state index contributed by atoms with van der Waals surface area (Å²) in [6.07, 6.45) is 0.549. The number of para-hydroxylation sites is 1. The first-order valence-corrected chi connectivity index (χ1v) is 6.89. The van der Waals surface area contributed by atoms with Crippen LogP contribution in [0.25, 0.3) is 0 Å². The van der Waals surface area contributed by atoms with Gasteiger partial charge in [0.15, 0.2) is 0 Å². The highest BCUT2D eigenvalue weighted by Gasteiger charge is 2.16. The van der Waals surface area contributed by atoms with E-state index in [2.05, 4.69) is 10.6 Å². The van der Waals surface area contributed by atoms with E-state index in [0.717, 1.165) is 0 Å². The summed E-state index contributed by atoms with van der Waals surface area (Å²) in [5.41, 5.74) is 6.61. The first-order valence-electron chi connectivity index (χ1n) is 6.89. The highest BCUT2D eigenvalue weighted by molar-refractivity contribution is 6.04. The minimum atomic E-state index is -0.568. The van der Waals surface area contributed by atoms with E-state index < -0.39 is 6.04 Å². The molecule has 0 fully saturated rings. The molecule has 20 heavy (non-hydrogen) atoms. The molecule has 1 aromatic carbocycles. The highest BCUT2D eigenvalue weighted by Crippen LogP contribution is 2.15. The molecule has 1 atom stereocenters. The van der Waals surface area contributed by atoms with Crippen LogP contribution in [0, 0.1) is 5.92 Å². The van der Waals surface area contributed by atoms with Gasteiger partial charge in [0.25, 0.3) is 5.91 Å². The third-order valence-electron chi connectivity index (χ3n) is 2.88. The van der Waals surface area contributed by atoms with E-state index in [0.29, 0.717) is 30.1 Å². The summed E-state index contributed by atoms with van der Waals surface area (Å²) in [7, 11) is 0. The number of hydrogen-bond acceptors (Lipinski definition) is 3. The Morgan fingerprint density at radius 1 is 1.25 bits per heavy atom. The summed E-state index contributed by atoms with van der Waals surface area (Å²) in [6.45, 7) is 6.48. The molecule has 5 nitrogen and oxygen atoms in total. The van der Waals surface area contributed by atoms with Gasteiger partial charge < -0.3 is 16.4 Å². The van der Waals surface area contributed by atoms with Crippen LogP contribution in [0.1, 0.15) is 37.6 Å². The molecule has 0 radical (unpaired) electrons. The quantitative estimate of drug-likeness (QED) is 0.740. The Morgan fingerprint density at radius 2 is 1.90 bits per heavy atom. The van der Waals surface area contributed by atoms with Crippen LogP contribution in [0.15, 0.2) is 24.3 Å². The number of amides is 2. The molecule has 0 bridgehead atoms. The lowest BCUT2D eigenvalue weighted by Gasteiger charge is -2.14.